The molecule has 0 radical (unpaired) electrons. The Morgan fingerprint density at radius 1 is 1.20 bits per heavy atom. The molecule has 0 bridgehead atoms. The van der Waals surface area contributed by atoms with Crippen molar-refractivity contribution in [3.05, 3.63) is 29.8 Å². The maximum atomic E-state index is 11.7. The summed E-state index contributed by atoms with van der Waals surface area (Å²) in [6.45, 7) is 4.57. The molecule has 0 atom stereocenters. The number of hydrogen-bond acceptors (Lipinski definition) is 5. The van der Waals surface area contributed by atoms with Crippen LogP contribution in [0.2, 0.25) is 0 Å². The van der Waals surface area contributed by atoms with Crippen LogP contribution in [0.4, 0.5) is 5.69 Å². The van der Waals surface area contributed by atoms with Crippen LogP contribution in [0, 0.1) is 0 Å². The van der Waals surface area contributed by atoms with E-state index < -0.39 is 15.3 Å². The number of benzene rings is 1. The Hall–Kier alpha value is -1.34. The monoisotopic (exact) mass is 315 g/mol. The van der Waals surface area contributed by atoms with E-state index in [0.29, 0.717) is 11.3 Å². The summed E-state index contributed by atoms with van der Waals surface area (Å²) >= 11 is 0.952. The van der Waals surface area contributed by atoms with Gasteiger partial charge >= 0.3 is 0 Å². The molecule has 0 amide bonds. The molecule has 0 saturated carbocycles. The lowest BCUT2D eigenvalue weighted by Crippen LogP contribution is -2.22. The van der Waals surface area contributed by atoms with Gasteiger partial charge in [0.15, 0.2) is 10.9 Å². The molecule has 1 rings (SSSR count). The van der Waals surface area contributed by atoms with Gasteiger partial charge in [-0.25, -0.2) is 8.42 Å². The molecule has 0 saturated heterocycles. The van der Waals surface area contributed by atoms with Gasteiger partial charge in [-0.05, 0) is 38.1 Å². The van der Waals surface area contributed by atoms with Crippen molar-refractivity contribution < 1.29 is 18.0 Å². The summed E-state index contributed by atoms with van der Waals surface area (Å²) in [7, 11) is -3.39. The molecule has 0 heterocycles. The summed E-state index contributed by atoms with van der Waals surface area (Å²) < 4.78 is 25.8. The lowest BCUT2D eigenvalue weighted by molar-refractivity contribution is -0.109. The number of thioether (sulfide) groups is 1. The number of sulfonamides is 1. The highest BCUT2D eigenvalue weighted by Gasteiger charge is 2.15. The highest BCUT2D eigenvalue weighted by Crippen LogP contribution is 2.15. The zero-order valence-electron chi connectivity index (χ0n) is 11.5. The summed E-state index contributed by atoms with van der Waals surface area (Å²) in [4.78, 5) is 22.5. The number of ketones is 1. The molecule has 1 N–H and O–H groups in total. The number of anilines is 1. The van der Waals surface area contributed by atoms with Gasteiger partial charge in [-0.3, -0.25) is 14.3 Å². The van der Waals surface area contributed by atoms with E-state index in [0.717, 1.165) is 11.8 Å². The van der Waals surface area contributed by atoms with E-state index in [1.807, 2.05) is 0 Å². The fourth-order valence-electron chi connectivity index (χ4n) is 1.26. The summed E-state index contributed by atoms with van der Waals surface area (Å²) in [5.41, 5.74) is 0.862. The summed E-state index contributed by atoms with van der Waals surface area (Å²) in [5, 5.41) is -0.643. The molecular formula is C13H17NO4S2. The lowest BCUT2D eigenvalue weighted by atomic mass is 10.1. The molecule has 20 heavy (non-hydrogen) atoms. The van der Waals surface area contributed by atoms with Gasteiger partial charge in [-0.1, -0.05) is 11.8 Å². The van der Waals surface area contributed by atoms with E-state index in [-0.39, 0.29) is 16.7 Å². The standard InChI is InChI=1S/C13H17NO4S2/c1-9(2)20(17,18)14-12-6-4-11(5-7-12)13(16)8-19-10(3)15/h4-7,9,14H,8H2,1-3H3. The van der Waals surface area contributed by atoms with E-state index in [1.54, 1.807) is 26.0 Å². The molecule has 110 valence electrons. The van der Waals surface area contributed by atoms with E-state index in [9.17, 15) is 18.0 Å². The molecule has 0 aliphatic heterocycles. The molecule has 0 aliphatic carbocycles. The van der Waals surface area contributed by atoms with Gasteiger partial charge in [-0.2, -0.15) is 0 Å². The van der Waals surface area contributed by atoms with Gasteiger partial charge in [-0.15, -0.1) is 0 Å². The van der Waals surface area contributed by atoms with Gasteiger partial charge in [0, 0.05) is 18.2 Å². The molecule has 0 aliphatic rings. The Kier molecular flexibility index (Phi) is 5.76. The minimum Gasteiger partial charge on any atom is -0.293 e. The first-order valence-corrected chi connectivity index (χ1v) is 8.54. The predicted molar refractivity (Wildman–Crippen MR) is 81.6 cm³/mol. The van der Waals surface area contributed by atoms with Crippen molar-refractivity contribution in [3.8, 4) is 0 Å². The van der Waals surface area contributed by atoms with Crippen LogP contribution in [-0.2, 0) is 14.8 Å². The van der Waals surface area contributed by atoms with E-state index in [2.05, 4.69) is 4.72 Å². The first kappa shape index (κ1) is 16.7. The molecule has 0 aromatic heterocycles. The second-order valence-electron chi connectivity index (χ2n) is 4.48. The quantitative estimate of drug-likeness (QED) is 0.815. The van der Waals surface area contributed by atoms with Crippen LogP contribution in [0.15, 0.2) is 24.3 Å². The lowest BCUT2D eigenvalue weighted by Gasteiger charge is -2.10. The van der Waals surface area contributed by atoms with Gasteiger partial charge < -0.3 is 0 Å². The first-order valence-electron chi connectivity index (χ1n) is 6.00. The van der Waals surface area contributed by atoms with Crippen LogP contribution in [0.3, 0.4) is 0 Å². The second kappa shape index (κ2) is 6.90. The fraction of sp³-hybridized carbons (Fsp3) is 0.385. The van der Waals surface area contributed by atoms with Crippen LogP contribution in [0.1, 0.15) is 31.1 Å². The molecule has 0 spiro atoms. The third-order valence-corrected chi connectivity index (χ3v) is 5.07. The molecular weight excluding hydrogens is 298 g/mol. The van der Waals surface area contributed by atoms with Crippen molar-refractivity contribution in [2.24, 2.45) is 0 Å². The number of rotatable bonds is 6. The van der Waals surface area contributed by atoms with Crippen molar-refractivity contribution in [1.82, 2.24) is 0 Å². The zero-order valence-corrected chi connectivity index (χ0v) is 13.2. The molecule has 0 fully saturated rings. The summed E-state index contributed by atoms with van der Waals surface area (Å²) in [5.74, 6) is -0.0738. The number of Topliss-reactive ketones (excluding diaryl/α,β-unsaturated/α-hetero) is 1. The van der Waals surface area contributed by atoms with Crippen LogP contribution in [0.25, 0.3) is 0 Å². The molecule has 7 heteroatoms. The Bertz CT molecular complexity index is 591. The van der Waals surface area contributed by atoms with Crippen molar-refractivity contribution >= 4 is 38.4 Å². The summed E-state index contributed by atoms with van der Waals surface area (Å²) in [6.07, 6.45) is 0. The highest BCUT2D eigenvalue weighted by atomic mass is 32.2. The zero-order chi connectivity index (χ0) is 15.3. The molecule has 1 aromatic rings. The van der Waals surface area contributed by atoms with Crippen LogP contribution in [-0.4, -0.2) is 30.3 Å². The number of nitrogens with one attached hydrogen (secondary N) is 1. The first-order chi connectivity index (χ1) is 9.22. The van der Waals surface area contributed by atoms with Gasteiger partial charge in [0.25, 0.3) is 0 Å². The third kappa shape index (κ3) is 4.97. The smallest absolute Gasteiger partial charge is 0.235 e. The fourth-order valence-corrected chi connectivity index (χ4v) is 2.46. The maximum Gasteiger partial charge on any atom is 0.235 e. The minimum atomic E-state index is -3.39. The average molecular weight is 315 g/mol. The van der Waals surface area contributed by atoms with E-state index in [1.165, 1.54) is 19.1 Å². The van der Waals surface area contributed by atoms with E-state index in [4.69, 9.17) is 0 Å². The van der Waals surface area contributed by atoms with Crippen molar-refractivity contribution in [3.63, 3.8) is 0 Å². The van der Waals surface area contributed by atoms with Crippen LogP contribution >= 0.6 is 11.8 Å². The average Bonchev–Trinajstić information content (AvgIpc) is 2.36. The van der Waals surface area contributed by atoms with Gasteiger partial charge in [0.2, 0.25) is 10.0 Å². The molecule has 5 nitrogen and oxygen atoms in total. The summed E-state index contributed by atoms with van der Waals surface area (Å²) in [6, 6.07) is 6.15. The van der Waals surface area contributed by atoms with Gasteiger partial charge in [0.05, 0.1) is 11.0 Å². The number of carbonyl (C=O) groups is 2. The van der Waals surface area contributed by atoms with Crippen LogP contribution in [0.5, 0.6) is 0 Å². The van der Waals surface area contributed by atoms with Crippen molar-refractivity contribution in [1.29, 1.82) is 0 Å². The maximum absolute atomic E-state index is 11.7. The number of hydrogen-bond donors (Lipinski definition) is 1. The van der Waals surface area contributed by atoms with E-state index >= 15 is 0 Å². The molecule has 1 aromatic carbocycles. The highest BCUT2D eigenvalue weighted by molar-refractivity contribution is 8.14. The van der Waals surface area contributed by atoms with Gasteiger partial charge in [0.1, 0.15) is 0 Å². The Morgan fingerprint density at radius 2 is 1.75 bits per heavy atom. The number of carbonyl (C=O) groups excluding carboxylic acids is 2. The Balaban J connectivity index is 2.74. The predicted octanol–water partition coefficient (Wildman–Crippen LogP) is 2.30. The largest absolute Gasteiger partial charge is 0.293 e. The van der Waals surface area contributed by atoms with Crippen LogP contribution < -0.4 is 4.72 Å². The molecule has 0 unspecified atom stereocenters. The Morgan fingerprint density at radius 3 is 2.20 bits per heavy atom. The SMILES string of the molecule is CC(=O)SCC(=O)c1ccc(NS(=O)(=O)C(C)C)cc1. The third-order valence-electron chi connectivity index (χ3n) is 2.49. The topological polar surface area (TPSA) is 80.3 Å². The minimum absolute atomic E-state index is 0.0897. The van der Waals surface area contributed by atoms with Crippen molar-refractivity contribution in [2.75, 3.05) is 10.5 Å². The normalized spacial score (nSPS) is 11.4. The van der Waals surface area contributed by atoms with Crippen molar-refractivity contribution in [2.45, 2.75) is 26.0 Å². The Labute approximate surface area is 123 Å². The second-order valence-corrected chi connectivity index (χ2v) is 7.87.